The summed E-state index contributed by atoms with van der Waals surface area (Å²) < 4.78 is 30.2. The van der Waals surface area contributed by atoms with Crippen LogP contribution < -0.4 is 0 Å². The fourth-order valence-corrected chi connectivity index (χ4v) is 3.71. The molecule has 0 fully saturated rings. The van der Waals surface area contributed by atoms with Crippen LogP contribution in [-0.2, 0) is 22.0 Å². The summed E-state index contributed by atoms with van der Waals surface area (Å²) in [7, 11) is -3.40. The number of rotatable bonds is 6. The molecular formula is C16H22N2O3S. The summed E-state index contributed by atoms with van der Waals surface area (Å²) in [5, 5.41) is 3.03. The Balaban J connectivity index is 2.21. The molecule has 2 aromatic rings. The SMILES string of the molecule is CCCc1noc(C(C)S(=O)(=O)Cc2cc(C)cc(C)c2)n1. The van der Waals surface area contributed by atoms with E-state index in [2.05, 4.69) is 10.1 Å². The molecule has 2 rings (SSSR count). The first kappa shape index (κ1) is 16.7. The van der Waals surface area contributed by atoms with Crippen LogP contribution >= 0.6 is 0 Å². The normalized spacial score (nSPS) is 13.3. The minimum atomic E-state index is -3.40. The van der Waals surface area contributed by atoms with Crippen LogP contribution in [0.2, 0.25) is 0 Å². The van der Waals surface area contributed by atoms with Crippen molar-refractivity contribution in [1.29, 1.82) is 0 Å². The van der Waals surface area contributed by atoms with E-state index in [-0.39, 0.29) is 11.6 Å². The highest BCUT2D eigenvalue weighted by Gasteiger charge is 2.28. The smallest absolute Gasteiger partial charge is 0.244 e. The maximum Gasteiger partial charge on any atom is 0.244 e. The molecule has 1 heterocycles. The van der Waals surface area contributed by atoms with Gasteiger partial charge in [0.2, 0.25) is 5.89 Å². The van der Waals surface area contributed by atoms with Crippen molar-refractivity contribution in [3.63, 3.8) is 0 Å². The lowest BCUT2D eigenvalue weighted by Gasteiger charge is -2.10. The summed E-state index contributed by atoms with van der Waals surface area (Å²) in [6.07, 6.45) is 1.58. The Hall–Kier alpha value is -1.69. The Morgan fingerprint density at radius 1 is 1.18 bits per heavy atom. The summed E-state index contributed by atoms with van der Waals surface area (Å²) in [5.74, 6) is 0.709. The average molecular weight is 322 g/mol. The van der Waals surface area contributed by atoms with E-state index in [1.54, 1.807) is 6.92 Å². The lowest BCUT2D eigenvalue weighted by atomic mass is 10.1. The van der Waals surface area contributed by atoms with Gasteiger partial charge < -0.3 is 4.52 Å². The predicted octanol–water partition coefficient (Wildman–Crippen LogP) is 3.31. The standard InChI is InChI=1S/C16H22N2O3S/c1-5-6-15-17-16(21-18-15)13(4)22(19,20)10-14-8-11(2)7-12(3)9-14/h7-9,13H,5-6,10H2,1-4H3. The zero-order chi connectivity index (χ0) is 16.3. The second kappa shape index (κ2) is 6.60. The van der Waals surface area contributed by atoms with Crippen molar-refractivity contribution < 1.29 is 12.9 Å². The van der Waals surface area contributed by atoms with Gasteiger partial charge in [-0.15, -0.1) is 0 Å². The minimum absolute atomic E-state index is 0.0256. The van der Waals surface area contributed by atoms with Crippen LogP contribution in [-0.4, -0.2) is 18.6 Å². The van der Waals surface area contributed by atoms with Gasteiger partial charge in [0.15, 0.2) is 15.7 Å². The third-order valence-electron chi connectivity index (χ3n) is 3.49. The van der Waals surface area contributed by atoms with E-state index in [1.807, 2.05) is 39.0 Å². The molecule has 0 aliphatic carbocycles. The third kappa shape index (κ3) is 3.94. The van der Waals surface area contributed by atoms with Crippen LogP contribution in [0.15, 0.2) is 22.7 Å². The quantitative estimate of drug-likeness (QED) is 0.815. The van der Waals surface area contributed by atoms with Crippen LogP contribution in [0.4, 0.5) is 0 Å². The molecule has 0 saturated carbocycles. The van der Waals surface area contributed by atoms with Gasteiger partial charge in [-0.2, -0.15) is 4.98 Å². The molecule has 0 bridgehead atoms. The van der Waals surface area contributed by atoms with Gasteiger partial charge in [0.1, 0.15) is 5.25 Å². The monoisotopic (exact) mass is 322 g/mol. The molecule has 1 unspecified atom stereocenters. The maximum absolute atomic E-state index is 12.6. The van der Waals surface area contributed by atoms with Gasteiger partial charge in [-0.1, -0.05) is 41.4 Å². The summed E-state index contributed by atoms with van der Waals surface area (Å²) in [6, 6.07) is 5.82. The van der Waals surface area contributed by atoms with E-state index >= 15 is 0 Å². The van der Waals surface area contributed by atoms with Crippen molar-refractivity contribution in [1.82, 2.24) is 10.1 Å². The zero-order valence-electron chi connectivity index (χ0n) is 13.5. The topological polar surface area (TPSA) is 73.1 Å². The number of hydrogen-bond donors (Lipinski definition) is 0. The third-order valence-corrected chi connectivity index (χ3v) is 5.51. The van der Waals surface area contributed by atoms with E-state index in [9.17, 15) is 8.42 Å². The van der Waals surface area contributed by atoms with E-state index in [0.717, 1.165) is 23.1 Å². The van der Waals surface area contributed by atoms with Crippen LogP contribution in [0.25, 0.3) is 0 Å². The van der Waals surface area contributed by atoms with Crippen molar-refractivity contribution >= 4 is 9.84 Å². The molecule has 0 radical (unpaired) electrons. The van der Waals surface area contributed by atoms with Crippen molar-refractivity contribution in [2.45, 2.75) is 51.5 Å². The highest BCUT2D eigenvalue weighted by molar-refractivity contribution is 7.90. The van der Waals surface area contributed by atoms with Gasteiger partial charge >= 0.3 is 0 Å². The first-order valence-electron chi connectivity index (χ1n) is 7.43. The van der Waals surface area contributed by atoms with Gasteiger partial charge in [-0.25, -0.2) is 8.42 Å². The van der Waals surface area contributed by atoms with Crippen LogP contribution in [0, 0.1) is 13.8 Å². The molecule has 0 N–H and O–H groups in total. The molecule has 0 aliphatic rings. The van der Waals surface area contributed by atoms with Gasteiger partial charge in [0.25, 0.3) is 0 Å². The molecular weight excluding hydrogens is 300 g/mol. The first-order valence-corrected chi connectivity index (χ1v) is 9.14. The Labute approximate surface area is 131 Å². The maximum atomic E-state index is 12.6. The predicted molar refractivity (Wildman–Crippen MR) is 85.2 cm³/mol. The van der Waals surface area contributed by atoms with Crippen LogP contribution in [0.1, 0.15) is 53.9 Å². The fraction of sp³-hybridized carbons (Fsp3) is 0.500. The molecule has 5 nitrogen and oxygen atoms in total. The molecule has 0 spiro atoms. The molecule has 0 aliphatic heterocycles. The lowest BCUT2D eigenvalue weighted by Crippen LogP contribution is -2.13. The number of benzene rings is 1. The second-order valence-corrected chi connectivity index (χ2v) is 8.07. The molecule has 1 atom stereocenters. The van der Waals surface area contributed by atoms with E-state index in [0.29, 0.717) is 12.2 Å². The average Bonchev–Trinajstić information content (AvgIpc) is 2.85. The Morgan fingerprint density at radius 3 is 2.41 bits per heavy atom. The largest absolute Gasteiger partial charge is 0.338 e. The summed E-state index contributed by atoms with van der Waals surface area (Å²) >= 11 is 0. The number of aromatic nitrogens is 2. The van der Waals surface area contributed by atoms with Gasteiger partial charge in [-0.05, 0) is 32.8 Å². The fourth-order valence-electron chi connectivity index (χ4n) is 2.42. The summed E-state index contributed by atoms with van der Waals surface area (Å²) in [6.45, 7) is 7.53. The molecule has 6 heteroatoms. The van der Waals surface area contributed by atoms with E-state index < -0.39 is 15.1 Å². The molecule has 0 amide bonds. The van der Waals surface area contributed by atoms with Gasteiger partial charge in [0.05, 0.1) is 5.75 Å². The van der Waals surface area contributed by atoms with Crippen LogP contribution in [0.3, 0.4) is 0 Å². The second-order valence-electron chi connectivity index (χ2n) is 5.74. The molecule has 0 saturated heterocycles. The van der Waals surface area contributed by atoms with Gasteiger partial charge in [0, 0.05) is 6.42 Å². The highest BCUT2D eigenvalue weighted by Crippen LogP contribution is 2.25. The number of sulfone groups is 1. The lowest BCUT2D eigenvalue weighted by molar-refractivity contribution is 0.371. The number of hydrogen-bond acceptors (Lipinski definition) is 5. The van der Waals surface area contributed by atoms with E-state index in [4.69, 9.17) is 4.52 Å². The summed E-state index contributed by atoms with van der Waals surface area (Å²) in [4.78, 5) is 4.19. The van der Waals surface area contributed by atoms with Crippen molar-refractivity contribution in [3.8, 4) is 0 Å². The van der Waals surface area contributed by atoms with Crippen molar-refractivity contribution in [2.24, 2.45) is 0 Å². The van der Waals surface area contributed by atoms with Gasteiger partial charge in [-0.3, -0.25) is 0 Å². The molecule has 1 aromatic carbocycles. The Bertz CT molecular complexity index is 730. The minimum Gasteiger partial charge on any atom is -0.338 e. The Kier molecular flexibility index (Phi) is 5.01. The van der Waals surface area contributed by atoms with E-state index in [1.165, 1.54) is 0 Å². The Morgan fingerprint density at radius 2 is 1.82 bits per heavy atom. The molecule has 120 valence electrons. The highest BCUT2D eigenvalue weighted by atomic mass is 32.2. The molecule has 1 aromatic heterocycles. The first-order chi connectivity index (χ1) is 10.3. The molecule has 22 heavy (non-hydrogen) atoms. The van der Waals surface area contributed by atoms with Crippen LogP contribution in [0.5, 0.6) is 0 Å². The van der Waals surface area contributed by atoms with Crippen molar-refractivity contribution in [2.75, 3.05) is 0 Å². The number of aryl methyl sites for hydroxylation is 3. The van der Waals surface area contributed by atoms with Crippen molar-refractivity contribution in [3.05, 3.63) is 46.6 Å². The number of nitrogens with zero attached hydrogens (tertiary/aromatic N) is 2. The zero-order valence-corrected chi connectivity index (χ0v) is 14.3. The summed E-state index contributed by atoms with van der Waals surface area (Å²) in [5.41, 5.74) is 2.90.